The zero-order valence-corrected chi connectivity index (χ0v) is 13.6. The van der Waals surface area contributed by atoms with Gasteiger partial charge in [0.1, 0.15) is 0 Å². The maximum Gasteiger partial charge on any atom is 0.274 e. The molecule has 6 heteroatoms. The predicted octanol–water partition coefficient (Wildman–Crippen LogP) is 3.05. The molecule has 5 nitrogen and oxygen atoms in total. The second kappa shape index (κ2) is 6.84. The van der Waals surface area contributed by atoms with Crippen molar-refractivity contribution in [1.29, 1.82) is 0 Å². The monoisotopic (exact) mass is 342 g/mol. The van der Waals surface area contributed by atoms with Gasteiger partial charge in [-0.1, -0.05) is 54.1 Å². The van der Waals surface area contributed by atoms with E-state index in [9.17, 15) is 14.4 Å². The number of hydrogen-bond donors (Lipinski definition) is 0. The highest BCUT2D eigenvalue weighted by atomic mass is 35.5. The number of hydrazine groups is 1. The summed E-state index contributed by atoms with van der Waals surface area (Å²) in [5, 5.41) is 2.40. The molecule has 0 N–H and O–H groups in total. The first-order valence-electron chi connectivity index (χ1n) is 7.54. The van der Waals surface area contributed by atoms with Crippen molar-refractivity contribution in [1.82, 2.24) is 10.0 Å². The summed E-state index contributed by atoms with van der Waals surface area (Å²) in [5.41, 5.74) is 1.06. The molecule has 0 unspecified atom stereocenters. The number of imide groups is 1. The van der Waals surface area contributed by atoms with E-state index in [1.807, 2.05) is 30.3 Å². The summed E-state index contributed by atoms with van der Waals surface area (Å²) in [6, 6.07) is 15.8. The summed E-state index contributed by atoms with van der Waals surface area (Å²) >= 11 is 6.11. The van der Waals surface area contributed by atoms with Crippen LogP contribution >= 0.6 is 11.6 Å². The second-order valence-electron chi connectivity index (χ2n) is 5.43. The number of carbonyl (C=O) groups is 3. The lowest BCUT2D eigenvalue weighted by Crippen LogP contribution is -2.48. The fraction of sp³-hybridized carbons (Fsp3) is 0.167. The molecule has 0 bridgehead atoms. The van der Waals surface area contributed by atoms with Crippen LogP contribution in [0.5, 0.6) is 0 Å². The third-order valence-electron chi connectivity index (χ3n) is 3.78. The van der Waals surface area contributed by atoms with Crippen molar-refractivity contribution < 1.29 is 14.4 Å². The molecule has 3 amide bonds. The van der Waals surface area contributed by atoms with Gasteiger partial charge < -0.3 is 0 Å². The molecule has 0 atom stereocenters. The Bertz CT molecular complexity index is 776. The third-order valence-corrected chi connectivity index (χ3v) is 4.11. The first-order valence-corrected chi connectivity index (χ1v) is 7.92. The number of rotatable bonds is 4. The van der Waals surface area contributed by atoms with Gasteiger partial charge in [0.05, 0.1) is 17.1 Å². The first-order chi connectivity index (χ1) is 11.6. The van der Waals surface area contributed by atoms with E-state index >= 15 is 0 Å². The van der Waals surface area contributed by atoms with Gasteiger partial charge in [0.2, 0.25) is 11.8 Å². The van der Waals surface area contributed by atoms with Gasteiger partial charge in [0.25, 0.3) is 5.91 Å². The Hall–Kier alpha value is -2.66. The van der Waals surface area contributed by atoms with Gasteiger partial charge in [-0.15, -0.1) is 0 Å². The quantitative estimate of drug-likeness (QED) is 0.802. The van der Waals surface area contributed by atoms with E-state index in [0.29, 0.717) is 0 Å². The Labute approximate surface area is 144 Å². The fourth-order valence-electron chi connectivity index (χ4n) is 2.60. The molecule has 2 aromatic rings. The molecule has 1 aliphatic heterocycles. The molecular weight excluding hydrogens is 328 g/mol. The molecule has 3 rings (SSSR count). The van der Waals surface area contributed by atoms with E-state index in [2.05, 4.69) is 0 Å². The van der Waals surface area contributed by atoms with Gasteiger partial charge in [-0.2, -0.15) is 5.01 Å². The van der Waals surface area contributed by atoms with Crippen LogP contribution in [0, 0.1) is 0 Å². The lowest BCUT2D eigenvalue weighted by molar-refractivity contribution is -0.153. The van der Waals surface area contributed by atoms with Gasteiger partial charge in [0.15, 0.2) is 0 Å². The number of nitrogens with zero attached hydrogens (tertiary/aromatic N) is 2. The highest BCUT2D eigenvalue weighted by Gasteiger charge is 2.37. The zero-order chi connectivity index (χ0) is 17.1. The number of hydrogen-bond acceptors (Lipinski definition) is 3. The van der Waals surface area contributed by atoms with Crippen LogP contribution in [0.4, 0.5) is 0 Å². The molecule has 122 valence electrons. The molecule has 1 aliphatic rings. The molecule has 0 aromatic heterocycles. The Morgan fingerprint density at radius 2 is 1.54 bits per heavy atom. The largest absolute Gasteiger partial charge is 0.274 e. The van der Waals surface area contributed by atoms with Crippen molar-refractivity contribution in [3.05, 3.63) is 70.7 Å². The Balaban J connectivity index is 1.98. The van der Waals surface area contributed by atoms with E-state index < -0.39 is 5.91 Å². The van der Waals surface area contributed by atoms with E-state index in [-0.39, 0.29) is 41.8 Å². The van der Waals surface area contributed by atoms with Gasteiger partial charge in [-0.05, 0) is 17.7 Å². The number of halogens is 1. The molecule has 0 aliphatic carbocycles. The Morgan fingerprint density at radius 3 is 2.17 bits per heavy atom. The minimum Gasteiger partial charge on any atom is -0.273 e. The maximum atomic E-state index is 12.9. The summed E-state index contributed by atoms with van der Waals surface area (Å²) in [5.74, 6) is -1.24. The minimum absolute atomic E-state index is 0.111. The van der Waals surface area contributed by atoms with Crippen LogP contribution < -0.4 is 0 Å². The van der Waals surface area contributed by atoms with Gasteiger partial charge >= 0.3 is 0 Å². The van der Waals surface area contributed by atoms with Crippen molar-refractivity contribution in [3.63, 3.8) is 0 Å². The van der Waals surface area contributed by atoms with E-state index in [1.165, 1.54) is 5.01 Å². The lowest BCUT2D eigenvalue weighted by atomic mass is 10.2. The smallest absolute Gasteiger partial charge is 0.273 e. The Morgan fingerprint density at radius 1 is 0.958 bits per heavy atom. The Kier molecular flexibility index (Phi) is 4.62. The highest BCUT2D eigenvalue weighted by Crippen LogP contribution is 2.23. The summed E-state index contributed by atoms with van der Waals surface area (Å²) in [6.07, 6.45) is 0.222. The number of carbonyl (C=O) groups excluding carboxylic acids is 3. The van der Waals surface area contributed by atoms with Crippen molar-refractivity contribution in [3.8, 4) is 0 Å². The van der Waals surface area contributed by atoms with Crippen molar-refractivity contribution in [2.45, 2.75) is 19.4 Å². The summed E-state index contributed by atoms with van der Waals surface area (Å²) in [4.78, 5) is 37.2. The van der Waals surface area contributed by atoms with E-state index in [0.717, 1.165) is 10.6 Å². The van der Waals surface area contributed by atoms with Crippen LogP contribution in [-0.4, -0.2) is 27.7 Å². The highest BCUT2D eigenvalue weighted by molar-refractivity contribution is 6.33. The van der Waals surface area contributed by atoms with Crippen LogP contribution in [0.15, 0.2) is 54.6 Å². The van der Waals surface area contributed by atoms with Crippen molar-refractivity contribution >= 4 is 29.3 Å². The summed E-state index contributed by atoms with van der Waals surface area (Å²) in [7, 11) is 0. The standard InChI is InChI=1S/C18H15ClN2O3/c19-15-9-5-4-8-14(15)18(24)20(12-13-6-2-1-3-7-13)21-16(22)10-11-17(21)23/h1-9H,10-12H2. The second-order valence-corrected chi connectivity index (χ2v) is 5.83. The van der Waals surface area contributed by atoms with Crippen LogP contribution in [0.2, 0.25) is 5.02 Å². The molecular formula is C18H15ClN2O3. The van der Waals surface area contributed by atoms with Crippen molar-refractivity contribution in [2.75, 3.05) is 0 Å². The van der Waals surface area contributed by atoms with Gasteiger partial charge in [-0.3, -0.25) is 14.4 Å². The average molecular weight is 343 g/mol. The molecule has 0 saturated carbocycles. The van der Waals surface area contributed by atoms with Crippen LogP contribution in [-0.2, 0) is 16.1 Å². The van der Waals surface area contributed by atoms with Crippen LogP contribution in [0.25, 0.3) is 0 Å². The topological polar surface area (TPSA) is 57.7 Å². The maximum absolute atomic E-state index is 12.9. The number of amides is 3. The average Bonchev–Trinajstić information content (AvgIpc) is 2.92. The zero-order valence-electron chi connectivity index (χ0n) is 12.8. The molecule has 24 heavy (non-hydrogen) atoms. The lowest BCUT2D eigenvalue weighted by Gasteiger charge is -2.30. The summed E-state index contributed by atoms with van der Waals surface area (Å²) in [6.45, 7) is 0.113. The molecule has 1 fully saturated rings. The fourth-order valence-corrected chi connectivity index (χ4v) is 2.81. The third kappa shape index (κ3) is 3.16. The van der Waals surface area contributed by atoms with Crippen LogP contribution in [0.1, 0.15) is 28.8 Å². The van der Waals surface area contributed by atoms with E-state index in [4.69, 9.17) is 11.6 Å². The number of benzene rings is 2. The molecule has 1 heterocycles. The molecule has 0 spiro atoms. The minimum atomic E-state index is -0.479. The molecule has 1 saturated heterocycles. The molecule has 2 aromatic carbocycles. The summed E-state index contributed by atoms with van der Waals surface area (Å²) < 4.78 is 0. The van der Waals surface area contributed by atoms with Crippen molar-refractivity contribution in [2.24, 2.45) is 0 Å². The SMILES string of the molecule is O=C(c1ccccc1Cl)N(Cc1ccccc1)N1C(=O)CCC1=O. The van der Waals surface area contributed by atoms with Gasteiger partial charge in [-0.25, -0.2) is 5.01 Å². The van der Waals surface area contributed by atoms with E-state index in [1.54, 1.807) is 24.3 Å². The predicted molar refractivity (Wildman–Crippen MR) is 88.9 cm³/mol. The first kappa shape index (κ1) is 16.2. The normalized spacial score (nSPS) is 14.1. The van der Waals surface area contributed by atoms with Gasteiger partial charge in [0, 0.05) is 12.8 Å². The molecule has 0 radical (unpaired) electrons. The van der Waals surface area contributed by atoms with Crippen LogP contribution in [0.3, 0.4) is 0 Å².